The molecule has 0 saturated carbocycles. The van der Waals surface area contributed by atoms with E-state index in [-0.39, 0.29) is 19.6 Å². The predicted molar refractivity (Wildman–Crippen MR) is 90.2 cm³/mol. The molecule has 0 radical (unpaired) electrons. The fourth-order valence-corrected chi connectivity index (χ4v) is 2.38. The van der Waals surface area contributed by atoms with E-state index in [0.717, 1.165) is 5.56 Å². The molecule has 2 aromatic rings. The first-order valence-corrected chi connectivity index (χ1v) is 8.12. The standard InChI is InChI=1S/C17H18BrNO5/c1-22-17(21)14(9-13-7-8-15(18)24-13)19-10-16(20)23-11-12-5-3-2-4-6-12/h2-8,14,19H,9-11H2,1H3/t14-/m0/s1. The van der Waals surface area contributed by atoms with Crippen LogP contribution in [0.2, 0.25) is 0 Å². The number of halogens is 1. The van der Waals surface area contributed by atoms with Crippen LogP contribution in [0.25, 0.3) is 0 Å². The molecule has 24 heavy (non-hydrogen) atoms. The molecular formula is C17H18BrNO5. The van der Waals surface area contributed by atoms with Crippen LogP contribution in [-0.4, -0.2) is 31.6 Å². The summed E-state index contributed by atoms with van der Waals surface area (Å²) in [5, 5.41) is 2.84. The van der Waals surface area contributed by atoms with Crippen LogP contribution >= 0.6 is 15.9 Å². The van der Waals surface area contributed by atoms with E-state index in [2.05, 4.69) is 21.2 Å². The molecule has 0 amide bonds. The van der Waals surface area contributed by atoms with Crippen molar-refractivity contribution in [2.45, 2.75) is 19.1 Å². The Morgan fingerprint density at radius 1 is 1.21 bits per heavy atom. The van der Waals surface area contributed by atoms with Gasteiger partial charge in [0, 0.05) is 6.42 Å². The van der Waals surface area contributed by atoms with Crippen molar-refractivity contribution in [2.75, 3.05) is 13.7 Å². The third kappa shape index (κ3) is 5.82. The third-order valence-corrected chi connectivity index (χ3v) is 3.68. The molecule has 1 N–H and O–H groups in total. The van der Waals surface area contributed by atoms with Gasteiger partial charge in [-0.15, -0.1) is 0 Å². The molecule has 0 spiro atoms. The number of methoxy groups -OCH3 is 1. The van der Waals surface area contributed by atoms with Crippen LogP contribution in [0.5, 0.6) is 0 Å². The highest BCUT2D eigenvalue weighted by Gasteiger charge is 2.22. The molecular weight excluding hydrogens is 378 g/mol. The molecule has 1 heterocycles. The molecule has 6 nitrogen and oxygen atoms in total. The number of ether oxygens (including phenoxy) is 2. The van der Waals surface area contributed by atoms with Gasteiger partial charge >= 0.3 is 11.9 Å². The summed E-state index contributed by atoms with van der Waals surface area (Å²) in [5.74, 6) is -0.325. The van der Waals surface area contributed by atoms with Crippen LogP contribution in [0.15, 0.2) is 51.6 Å². The highest BCUT2D eigenvalue weighted by atomic mass is 79.9. The van der Waals surface area contributed by atoms with Crippen molar-refractivity contribution in [3.63, 3.8) is 0 Å². The molecule has 0 aliphatic heterocycles. The molecule has 0 aliphatic carbocycles. The van der Waals surface area contributed by atoms with Crippen LogP contribution in [0.3, 0.4) is 0 Å². The molecule has 0 fully saturated rings. The Kier molecular flexibility index (Phi) is 7.02. The zero-order valence-corrected chi connectivity index (χ0v) is 14.7. The topological polar surface area (TPSA) is 77.8 Å². The summed E-state index contributed by atoms with van der Waals surface area (Å²) in [6.45, 7) is 0.0872. The Morgan fingerprint density at radius 3 is 2.58 bits per heavy atom. The van der Waals surface area contributed by atoms with Gasteiger partial charge in [0.1, 0.15) is 18.4 Å². The van der Waals surface area contributed by atoms with Crippen LogP contribution in [-0.2, 0) is 32.1 Å². The average molecular weight is 396 g/mol. The van der Waals surface area contributed by atoms with E-state index in [9.17, 15) is 9.59 Å². The monoisotopic (exact) mass is 395 g/mol. The van der Waals surface area contributed by atoms with Gasteiger partial charge in [0.15, 0.2) is 4.67 Å². The predicted octanol–water partition coefficient (Wildman–Crippen LogP) is 2.46. The van der Waals surface area contributed by atoms with Crippen molar-refractivity contribution < 1.29 is 23.5 Å². The average Bonchev–Trinajstić information content (AvgIpc) is 3.01. The molecule has 0 unspecified atom stereocenters. The first kappa shape index (κ1) is 18.2. The van der Waals surface area contributed by atoms with Crippen LogP contribution < -0.4 is 5.32 Å². The lowest BCUT2D eigenvalue weighted by molar-refractivity contribution is -0.145. The van der Waals surface area contributed by atoms with E-state index >= 15 is 0 Å². The fraction of sp³-hybridized carbons (Fsp3) is 0.294. The van der Waals surface area contributed by atoms with E-state index in [0.29, 0.717) is 10.4 Å². The zero-order chi connectivity index (χ0) is 17.4. The second-order valence-electron chi connectivity index (χ2n) is 5.01. The Labute approximate surface area is 148 Å². The molecule has 2 rings (SSSR count). The second-order valence-corrected chi connectivity index (χ2v) is 5.79. The van der Waals surface area contributed by atoms with Gasteiger partial charge in [-0.25, -0.2) is 0 Å². The smallest absolute Gasteiger partial charge is 0.323 e. The summed E-state index contributed by atoms with van der Waals surface area (Å²) in [6, 6.07) is 12.2. The second kappa shape index (κ2) is 9.24. The Balaban J connectivity index is 1.83. The van der Waals surface area contributed by atoms with Gasteiger partial charge in [0.25, 0.3) is 0 Å². The molecule has 128 valence electrons. The first-order chi connectivity index (χ1) is 11.6. The molecule has 7 heteroatoms. The lowest BCUT2D eigenvalue weighted by atomic mass is 10.1. The summed E-state index contributed by atoms with van der Waals surface area (Å²) in [4.78, 5) is 23.6. The zero-order valence-electron chi connectivity index (χ0n) is 13.2. The fourth-order valence-electron chi connectivity index (χ4n) is 2.04. The van der Waals surface area contributed by atoms with Crippen LogP contribution in [0.1, 0.15) is 11.3 Å². The van der Waals surface area contributed by atoms with Gasteiger partial charge < -0.3 is 13.9 Å². The normalized spacial score (nSPS) is 11.8. The number of furan rings is 1. The number of rotatable bonds is 8. The minimum absolute atomic E-state index is 0.103. The molecule has 1 aromatic heterocycles. The van der Waals surface area contributed by atoms with Gasteiger partial charge in [-0.3, -0.25) is 14.9 Å². The van der Waals surface area contributed by atoms with Gasteiger partial charge in [-0.05, 0) is 33.6 Å². The SMILES string of the molecule is COC(=O)[C@H](Cc1ccc(Br)o1)NCC(=O)OCc1ccccc1. The maximum atomic E-state index is 11.8. The van der Waals surface area contributed by atoms with Gasteiger partial charge in [0.2, 0.25) is 0 Å². The lowest BCUT2D eigenvalue weighted by Gasteiger charge is -2.15. The summed E-state index contributed by atoms with van der Waals surface area (Å²) >= 11 is 3.20. The van der Waals surface area contributed by atoms with E-state index < -0.39 is 18.0 Å². The highest BCUT2D eigenvalue weighted by molar-refractivity contribution is 9.10. The number of hydrogen-bond donors (Lipinski definition) is 1. The molecule has 1 atom stereocenters. The number of hydrogen-bond acceptors (Lipinski definition) is 6. The Hall–Kier alpha value is -2.12. The van der Waals surface area contributed by atoms with Crippen molar-refractivity contribution >= 4 is 27.9 Å². The highest BCUT2D eigenvalue weighted by Crippen LogP contribution is 2.15. The molecule has 0 saturated heterocycles. The summed E-state index contributed by atoms with van der Waals surface area (Å²) in [6.07, 6.45) is 0.268. The number of carbonyl (C=O) groups is 2. The van der Waals surface area contributed by atoms with Crippen molar-refractivity contribution in [1.29, 1.82) is 0 Å². The van der Waals surface area contributed by atoms with Crippen molar-refractivity contribution in [3.05, 3.63) is 58.5 Å². The molecule has 0 bridgehead atoms. The van der Waals surface area contributed by atoms with Crippen LogP contribution in [0.4, 0.5) is 0 Å². The van der Waals surface area contributed by atoms with E-state index in [1.807, 2.05) is 30.3 Å². The summed E-state index contributed by atoms with van der Waals surface area (Å²) < 4.78 is 15.9. The Morgan fingerprint density at radius 2 is 1.96 bits per heavy atom. The minimum Gasteiger partial charge on any atom is -0.468 e. The van der Waals surface area contributed by atoms with E-state index in [1.165, 1.54) is 7.11 Å². The number of nitrogens with one attached hydrogen (secondary N) is 1. The summed E-state index contributed by atoms with van der Waals surface area (Å²) in [7, 11) is 1.29. The summed E-state index contributed by atoms with van der Waals surface area (Å²) in [5.41, 5.74) is 0.899. The molecule has 0 aliphatic rings. The number of carbonyl (C=O) groups excluding carboxylic acids is 2. The Bertz CT molecular complexity index is 671. The first-order valence-electron chi connectivity index (χ1n) is 7.33. The van der Waals surface area contributed by atoms with Gasteiger partial charge in [-0.2, -0.15) is 0 Å². The van der Waals surface area contributed by atoms with E-state index in [1.54, 1.807) is 12.1 Å². The van der Waals surface area contributed by atoms with Crippen molar-refractivity contribution in [1.82, 2.24) is 5.32 Å². The number of benzene rings is 1. The largest absolute Gasteiger partial charge is 0.468 e. The van der Waals surface area contributed by atoms with Gasteiger partial charge in [0.05, 0.1) is 13.7 Å². The number of esters is 2. The van der Waals surface area contributed by atoms with Crippen LogP contribution in [0, 0.1) is 0 Å². The lowest BCUT2D eigenvalue weighted by Crippen LogP contribution is -2.42. The van der Waals surface area contributed by atoms with E-state index in [4.69, 9.17) is 13.9 Å². The van der Waals surface area contributed by atoms with Crippen molar-refractivity contribution in [2.24, 2.45) is 0 Å². The maximum absolute atomic E-state index is 11.8. The molecule has 1 aromatic carbocycles. The van der Waals surface area contributed by atoms with Crippen molar-refractivity contribution in [3.8, 4) is 0 Å². The maximum Gasteiger partial charge on any atom is 0.323 e. The quantitative estimate of drug-likeness (QED) is 0.691. The minimum atomic E-state index is -0.697. The third-order valence-electron chi connectivity index (χ3n) is 3.26. The van der Waals surface area contributed by atoms with Gasteiger partial charge in [-0.1, -0.05) is 30.3 Å².